The van der Waals surface area contributed by atoms with Crippen LogP contribution in [0.3, 0.4) is 0 Å². The summed E-state index contributed by atoms with van der Waals surface area (Å²) in [6, 6.07) is 12.0. The van der Waals surface area contributed by atoms with Crippen LogP contribution in [0.2, 0.25) is 0 Å². The minimum absolute atomic E-state index is 0.00451. The number of anilines is 1. The summed E-state index contributed by atoms with van der Waals surface area (Å²) in [5.41, 5.74) is 1.15. The Morgan fingerprint density at radius 2 is 1.66 bits per heavy atom. The van der Waals surface area contributed by atoms with Crippen molar-refractivity contribution in [3.63, 3.8) is 0 Å². The number of methoxy groups -OCH3 is 1. The van der Waals surface area contributed by atoms with E-state index in [4.69, 9.17) is 9.47 Å². The fourth-order valence-corrected chi connectivity index (χ4v) is 3.33. The van der Waals surface area contributed by atoms with Crippen molar-refractivity contribution in [2.24, 2.45) is 0 Å². The highest BCUT2D eigenvalue weighted by atomic mass is 16.6. The third-order valence-electron chi connectivity index (χ3n) is 4.76. The van der Waals surface area contributed by atoms with Gasteiger partial charge < -0.3 is 19.3 Å². The fourth-order valence-electron chi connectivity index (χ4n) is 3.33. The quantitative estimate of drug-likeness (QED) is 0.547. The van der Waals surface area contributed by atoms with Gasteiger partial charge in [-0.25, -0.2) is 0 Å². The van der Waals surface area contributed by atoms with Gasteiger partial charge in [0.25, 0.3) is 11.6 Å². The van der Waals surface area contributed by atoms with Crippen molar-refractivity contribution in [2.45, 2.75) is 20.0 Å². The number of carbonyl (C=O) groups excluding carboxylic acids is 1. The zero-order valence-electron chi connectivity index (χ0n) is 16.8. The first kappa shape index (κ1) is 20.4. The molecule has 0 bridgehead atoms. The van der Waals surface area contributed by atoms with Crippen LogP contribution in [-0.2, 0) is 0 Å². The molecule has 0 radical (unpaired) electrons. The first-order valence-corrected chi connectivity index (χ1v) is 9.52. The van der Waals surface area contributed by atoms with E-state index in [0.717, 1.165) is 5.75 Å². The van der Waals surface area contributed by atoms with E-state index >= 15 is 0 Å². The van der Waals surface area contributed by atoms with Crippen molar-refractivity contribution in [1.82, 2.24) is 4.90 Å². The number of hydrogen-bond donors (Lipinski definition) is 0. The normalized spacial score (nSPS) is 14.1. The van der Waals surface area contributed by atoms with Crippen molar-refractivity contribution in [2.75, 3.05) is 38.2 Å². The maximum absolute atomic E-state index is 12.8. The van der Waals surface area contributed by atoms with Crippen LogP contribution in [0.4, 0.5) is 11.4 Å². The highest BCUT2D eigenvalue weighted by Gasteiger charge is 2.26. The standard InChI is InChI=1S/C21H25N3O5/c1-15(2)29-17-6-4-16(5-7-17)21(25)23-12-10-22(11-13-23)19-9-8-18(28-3)14-20(19)24(26)27/h4-9,14-15H,10-13H2,1-3H3. The van der Waals surface area contributed by atoms with Gasteiger partial charge in [0.15, 0.2) is 0 Å². The molecule has 3 rings (SSSR count). The molecule has 0 aromatic heterocycles. The minimum atomic E-state index is -0.407. The Balaban J connectivity index is 1.66. The van der Waals surface area contributed by atoms with Gasteiger partial charge in [0.2, 0.25) is 0 Å². The summed E-state index contributed by atoms with van der Waals surface area (Å²) >= 11 is 0. The average molecular weight is 399 g/mol. The molecule has 8 heteroatoms. The lowest BCUT2D eigenvalue weighted by Crippen LogP contribution is -2.48. The molecule has 8 nitrogen and oxygen atoms in total. The highest BCUT2D eigenvalue weighted by molar-refractivity contribution is 5.94. The van der Waals surface area contributed by atoms with Crippen molar-refractivity contribution >= 4 is 17.3 Å². The molecule has 154 valence electrons. The Morgan fingerprint density at radius 1 is 1.03 bits per heavy atom. The SMILES string of the molecule is COc1ccc(N2CCN(C(=O)c3ccc(OC(C)C)cc3)CC2)c([N+](=O)[O-])c1. The van der Waals surface area contributed by atoms with Crippen LogP contribution in [0.1, 0.15) is 24.2 Å². The van der Waals surface area contributed by atoms with Crippen molar-refractivity contribution < 1.29 is 19.2 Å². The van der Waals surface area contributed by atoms with Crippen LogP contribution in [0.5, 0.6) is 11.5 Å². The Morgan fingerprint density at radius 3 is 2.21 bits per heavy atom. The summed E-state index contributed by atoms with van der Waals surface area (Å²) in [5.74, 6) is 1.12. The average Bonchev–Trinajstić information content (AvgIpc) is 2.73. The summed E-state index contributed by atoms with van der Waals surface area (Å²) in [5, 5.41) is 11.4. The van der Waals surface area contributed by atoms with Gasteiger partial charge in [-0.1, -0.05) is 0 Å². The third kappa shape index (κ3) is 4.77. The Bertz CT molecular complexity index is 874. The van der Waals surface area contributed by atoms with Crippen LogP contribution < -0.4 is 14.4 Å². The number of nitro benzene ring substituents is 1. The molecule has 2 aromatic carbocycles. The molecule has 2 aromatic rings. The van der Waals surface area contributed by atoms with Gasteiger partial charge in [-0.05, 0) is 50.2 Å². The number of ether oxygens (including phenoxy) is 2. The van der Waals surface area contributed by atoms with Crippen LogP contribution in [0, 0.1) is 10.1 Å². The molecule has 0 atom stereocenters. The molecule has 1 heterocycles. The van der Waals surface area contributed by atoms with E-state index in [0.29, 0.717) is 43.2 Å². The molecule has 1 amide bonds. The topological polar surface area (TPSA) is 85.2 Å². The van der Waals surface area contributed by atoms with E-state index in [1.165, 1.54) is 13.2 Å². The summed E-state index contributed by atoms with van der Waals surface area (Å²) < 4.78 is 10.7. The molecule has 0 spiro atoms. The van der Waals surface area contributed by atoms with Crippen LogP contribution in [-0.4, -0.2) is 55.1 Å². The molecule has 0 aliphatic carbocycles. The van der Waals surface area contributed by atoms with Crippen molar-refractivity contribution in [3.8, 4) is 11.5 Å². The molecule has 29 heavy (non-hydrogen) atoms. The number of nitrogens with zero attached hydrogens (tertiary/aromatic N) is 3. The predicted octanol–water partition coefficient (Wildman–Crippen LogP) is 3.35. The van der Waals surface area contributed by atoms with Crippen LogP contribution in [0.25, 0.3) is 0 Å². The largest absolute Gasteiger partial charge is 0.496 e. The van der Waals surface area contributed by atoms with E-state index < -0.39 is 4.92 Å². The first-order valence-electron chi connectivity index (χ1n) is 9.52. The lowest BCUT2D eigenvalue weighted by Gasteiger charge is -2.35. The summed E-state index contributed by atoms with van der Waals surface area (Å²) in [7, 11) is 1.48. The van der Waals surface area contributed by atoms with Crippen molar-refractivity contribution in [1.29, 1.82) is 0 Å². The van der Waals surface area contributed by atoms with E-state index in [9.17, 15) is 14.9 Å². The third-order valence-corrected chi connectivity index (χ3v) is 4.76. The van der Waals surface area contributed by atoms with E-state index in [-0.39, 0.29) is 17.7 Å². The smallest absolute Gasteiger partial charge is 0.296 e. The Labute approximate surface area is 169 Å². The molecule has 0 N–H and O–H groups in total. The molecular formula is C21H25N3O5. The van der Waals surface area contributed by atoms with Gasteiger partial charge in [-0.2, -0.15) is 0 Å². The van der Waals surface area contributed by atoms with E-state index in [2.05, 4.69) is 0 Å². The molecule has 0 saturated carbocycles. The first-order chi connectivity index (χ1) is 13.9. The molecule has 1 aliphatic rings. The maximum atomic E-state index is 12.8. The monoisotopic (exact) mass is 399 g/mol. The Hall–Kier alpha value is -3.29. The van der Waals surface area contributed by atoms with Gasteiger partial charge in [-0.15, -0.1) is 0 Å². The molecule has 1 saturated heterocycles. The Kier molecular flexibility index (Phi) is 6.21. The number of amides is 1. The molecule has 1 aliphatic heterocycles. The van der Waals surface area contributed by atoms with Gasteiger partial charge >= 0.3 is 0 Å². The van der Waals surface area contributed by atoms with Gasteiger partial charge in [-0.3, -0.25) is 14.9 Å². The second-order valence-corrected chi connectivity index (χ2v) is 7.08. The zero-order chi connectivity index (χ0) is 21.0. The number of carbonyl (C=O) groups is 1. The second-order valence-electron chi connectivity index (χ2n) is 7.08. The highest BCUT2D eigenvalue weighted by Crippen LogP contribution is 2.32. The second kappa shape index (κ2) is 8.81. The molecular weight excluding hydrogens is 374 g/mol. The van der Waals surface area contributed by atoms with E-state index in [1.54, 1.807) is 41.3 Å². The molecule has 0 unspecified atom stereocenters. The lowest BCUT2D eigenvalue weighted by molar-refractivity contribution is -0.384. The van der Waals surface area contributed by atoms with Gasteiger partial charge in [0.05, 0.1) is 24.2 Å². The molecule has 1 fully saturated rings. The number of benzene rings is 2. The van der Waals surface area contributed by atoms with Crippen LogP contribution in [0.15, 0.2) is 42.5 Å². The summed E-state index contributed by atoms with van der Waals surface area (Å²) in [6.45, 7) is 5.93. The van der Waals surface area contributed by atoms with Gasteiger partial charge in [0.1, 0.15) is 17.2 Å². The van der Waals surface area contributed by atoms with Gasteiger partial charge in [0, 0.05) is 31.7 Å². The number of rotatable bonds is 6. The number of nitro groups is 1. The number of hydrogen-bond acceptors (Lipinski definition) is 6. The predicted molar refractivity (Wildman–Crippen MR) is 110 cm³/mol. The minimum Gasteiger partial charge on any atom is -0.496 e. The maximum Gasteiger partial charge on any atom is 0.296 e. The summed E-state index contributed by atoms with van der Waals surface area (Å²) in [4.78, 5) is 27.5. The lowest BCUT2D eigenvalue weighted by atomic mass is 10.1. The number of piperazine rings is 1. The van der Waals surface area contributed by atoms with Crippen LogP contribution >= 0.6 is 0 Å². The fraction of sp³-hybridized carbons (Fsp3) is 0.381. The summed E-state index contributed by atoms with van der Waals surface area (Å²) in [6.07, 6.45) is 0.0756. The van der Waals surface area contributed by atoms with E-state index in [1.807, 2.05) is 18.7 Å². The zero-order valence-corrected chi connectivity index (χ0v) is 16.8. The van der Waals surface area contributed by atoms with Crippen molar-refractivity contribution in [3.05, 3.63) is 58.1 Å².